The van der Waals surface area contributed by atoms with Gasteiger partial charge in [-0.05, 0) is 38.1 Å². The summed E-state index contributed by atoms with van der Waals surface area (Å²) >= 11 is 6.19. The Morgan fingerprint density at radius 2 is 2.00 bits per heavy atom. The molecule has 0 saturated heterocycles. The van der Waals surface area contributed by atoms with Gasteiger partial charge in [0.25, 0.3) is 5.91 Å². The fraction of sp³-hybridized carbons (Fsp3) is 0.263. The Balaban J connectivity index is 1.90. The van der Waals surface area contributed by atoms with Crippen molar-refractivity contribution in [3.63, 3.8) is 0 Å². The van der Waals surface area contributed by atoms with Crippen LogP contribution in [0.5, 0.6) is 11.5 Å². The molecule has 6 nitrogen and oxygen atoms in total. The first-order valence-electron chi connectivity index (χ1n) is 8.05. The Morgan fingerprint density at radius 3 is 2.65 bits per heavy atom. The molecule has 0 fully saturated rings. The predicted molar refractivity (Wildman–Crippen MR) is 103 cm³/mol. The Kier molecular flexibility index (Phi) is 7.29. The third-order valence-corrected chi connectivity index (χ3v) is 3.63. The normalized spacial score (nSPS) is 10.6. The smallest absolute Gasteiger partial charge is 0.265 e. The fourth-order valence-electron chi connectivity index (χ4n) is 2.13. The molecule has 0 radical (unpaired) electrons. The maximum absolute atomic E-state index is 11.8. The molecule has 26 heavy (non-hydrogen) atoms. The van der Waals surface area contributed by atoms with E-state index in [0.717, 1.165) is 5.56 Å². The lowest BCUT2D eigenvalue weighted by Gasteiger charge is -2.11. The van der Waals surface area contributed by atoms with Crippen LogP contribution in [0.4, 0.5) is 5.69 Å². The number of hydrogen-bond acceptors (Lipinski definition) is 5. The van der Waals surface area contributed by atoms with E-state index < -0.39 is 0 Å². The lowest BCUT2D eigenvalue weighted by Crippen LogP contribution is -2.16. The third kappa shape index (κ3) is 5.67. The van der Waals surface area contributed by atoms with E-state index in [-0.39, 0.29) is 12.5 Å². The van der Waals surface area contributed by atoms with E-state index in [1.165, 1.54) is 13.3 Å². The molecule has 0 saturated carbocycles. The van der Waals surface area contributed by atoms with Crippen LogP contribution in [0.1, 0.15) is 18.1 Å². The molecule has 2 rings (SSSR count). The second-order valence-corrected chi connectivity index (χ2v) is 5.80. The van der Waals surface area contributed by atoms with Gasteiger partial charge in [0.2, 0.25) is 0 Å². The Hall–Kier alpha value is -2.73. The molecule has 0 aliphatic heterocycles. The van der Waals surface area contributed by atoms with Gasteiger partial charge >= 0.3 is 0 Å². The van der Waals surface area contributed by atoms with Crippen molar-refractivity contribution in [1.29, 1.82) is 0 Å². The summed E-state index contributed by atoms with van der Waals surface area (Å²) in [5.74, 6) is 0.679. The highest BCUT2D eigenvalue weighted by Crippen LogP contribution is 2.35. The van der Waals surface area contributed by atoms with E-state index in [0.29, 0.717) is 34.4 Å². The first-order valence-corrected chi connectivity index (χ1v) is 8.43. The second kappa shape index (κ2) is 9.68. The van der Waals surface area contributed by atoms with Crippen LogP contribution in [0, 0.1) is 6.92 Å². The first-order chi connectivity index (χ1) is 12.5. The number of carbonyl (C=O) groups is 1. The maximum atomic E-state index is 11.8. The maximum Gasteiger partial charge on any atom is 0.265 e. The molecule has 1 amide bonds. The Morgan fingerprint density at radius 1 is 1.27 bits per heavy atom. The third-order valence-electron chi connectivity index (χ3n) is 3.35. The van der Waals surface area contributed by atoms with Crippen molar-refractivity contribution in [2.75, 3.05) is 25.6 Å². The number of amides is 1. The second-order valence-electron chi connectivity index (χ2n) is 5.39. The lowest BCUT2D eigenvalue weighted by atomic mass is 10.2. The average Bonchev–Trinajstić information content (AvgIpc) is 2.62. The number of benzene rings is 2. The van der Waals surface area contributed by atoms with Gasteiger partial charge in [-0.25, -0.2) is 0 Å². The van der Waals surface area contributed by atoms with Gasteiger partial charge in [0.05, 0.1) is 25.0 Å². The summed E-state index contributed by atoms with van der Waals surface area (Å²) in [6.45, 7) is 4.11. The van der Waals surface area contributed by atoms with E-state index >= 15 is 0 Å². The summed E-state index contributed by atoms with van der Waals surface area (Å²) in [5, 5.41) is 6.92. The van der Waals surface area contributed by atoms with Crippen LogP contribution in [0.15, 0.2) is 41.6 Å². The van der Waals surface area contributed by atoms with Gasteiger partial charge in [0.15, 0.2) is 18.1 Å². The summed E-state index contributed by atoms with van der Waals surface area (Å²) in [5.41, 5.74) is 2.48. The summed E-state index contributed by atoms with van der Waals surface area (Å²) in [6.07, 6.45) is 1.45. The molecule has 1 N–H and O–H groups in total. The highest BCUT2D eigenvalue weighted by Gasteiger charge is 2.11. The molecule has 7 heteroatoms. The molecule has 0 spiro atoms. The standard InChI is InChI=1S/C19H21ClN2O4/c1-4-25-19-16(20)9-14(10-17(19)24-3)11-21-26-12-18(23)22-15-7-5-13(2)6-8-15/h5-11H,4,12H2,1-3H3,(H,22,23)/b21-11-. The van der Waals surface area contributed by atoms with Crippen molar-refractivity contribution in [2.45, 2.75) is 13.8 Å². The molecule has 0 aliphatic carbocycles. The minimum Gasteiger partial charge on any atom is -0.493 e. The molecule has 0 bridgehead atoms. The van der Waals surface area contributed by atoms with Gasteiger partial charge in [0.1, 0.15) is 0 Å². The predicted octanol–water partition coefficient (Wildman–Crippen LogP) is 4.04. The minimum atomic E-state index is -0.298. The zero-order valence-electron chi connectivity index (χ0n) is 14.9. The highest BCUT2D eigenvalue weighted by atomic mass is 35.5. The number of anilines is 1. The van der Waals surface area contributed by atoms with Crippen molar-refractivity contribution in [3.8, 4) is 11.5 Å². The minimum absolute atomic E-state index is 0.202. The number of oxime groups is 1. The molecule has 2 aromatic carbocycles. The Labute approximate surface area is 157 Å². The summed E-state index contributed by atoms with van der Waals surface area (Å²) in [7, 11) is 1.53. The van der Waals surface area contributed by atoms with Gasteiger partial charge in [-0.1, -0.05) is 34.5 Å². The summed E-state index contributed by atoms with van der Waals surface area (Å²) in [4.78, 5) is 16.8. The van der Waals surface area contributed by atoms with Crippen LogP contribution in [0.2, 0.25) is 5.02 Å². The van der Waals surface area contributed by atoms with E-state index in [2.05, 4.69) is 10.5 Å². The topological polar surface area (TPSA) is 69.2 Å². The molecule has 0 atom stereocenters. The quantitative estimate of drug-likeness (QED) is 0.557. The molecule has 0 aliphatic rings. The highest BCUT2D eigenvalue weighted by molar-refractivity contribution is 6.32. The zero-order valence-corrected chi connectivity index (χ0v) is 15.7. The van der Waals surface area contributed by atoms with Gasteiger partial charge in [0, 0.05) is 11.3 Å². The SMILES string of the molecule is CCOc1c(Cl)cc(/C=N\OCC(=O)Nc2ccc(C)cc2)cc1OC. The van der Waals surface area contributed by atoms with E-state index in [1.54, 1.807) is 12.1 Å². The van der Waals surface area contributed by atoms with Crippen LogP contribution in [-0.2, 0) is 9.63 Å². The monoisotopic (exact) mass is 376 g/mol. The zero-order chi connectivity index (χ0) is 18.9. The largest absolute Gasteiger partial charge is 0.493 e. The molecule has 0 aromatic heterocycles. The molecule has 138 valence electrons. The molecule has 2 aromatic rings. The van der Waals surface area contributed by atoms with Crippen LogP contribution >= 0.6 is 11.6 Å². The number of halogens is 1. The van der Waals surface area contributed by atoms with E-state index in [9.17, 15) is 4.79 Å². The molecule has 0 unspecified atom stereocenters. The van der Waals surface area contributed by atoms with Gasteiger partial charge in [-0.15, -0.1) is 0 Å². The first kappa shape index (κ1) is 19.6. The van der Waals surface area contributed by atoms with Crippen molar-refractivity contribution >= 4 is 29.4 Å². The van der Waals surface area contributed by atoms with Crippen molar-refractivity contribution in [3.05, 3.63) is 52.5 Å². The van der Waals surface area contributed by atoms with Crippen LogP contribution in [0.25, 0.3) is 0 Å². The number of ether oxygens (including phenoxy) is 2. The van der Waals surface area contributed by atoms with Crippen molar-refractivity contribution in [1.82, 2.24) is 0 Å². The summed E-state index contributed by atoms with van der Waals surface area (Å²) < 4.78 is 10.7. The fourth-order valence-corrected chi connectivity index (χ4v) is 2.40. The number of carbonyl (C=O) groups excluding carboxylic acids is 1. The molecular formula is C19H21ClN2O4. The molecular weight excluding hydrogens is 356 g/mol. The number of methoxy groups -OCH3 is 1. The van der Waals surface area contributed by atoms with Crippen LogP contribution in [0.3, 0.4) is 0 Å². The van der Waals surface area contributed by atoms with Crippen LogP contribution < -0.4 is 14.8 Å². The number of hydrogen-bond donors (Lipinski definition) is 1. The number of rotatable bonds is 8. The van der Waals surface area contributed by atoms with E-state index in [1.807, 2.05) is 38.1 Å². The average molecular weight is 377 g/mol. The van der Waals surface area contributed by atoms with Crippen molar-refractivity contribution in [2.24, 2.45) is 5.16 Å². The Bertz CT molecular complexity index is 776. The van der Waals surface area contributed by atoms with Gasteiger partial charge in [-0.2, -0.15) is 0 Å². The van der Waals surface area contributed by atoms with Gasteiger partial charge in [-0.3, -0.25) is 4.79 Å². The lowest BCUT2D eigenvalue weighted by molar-refractivity contribution is -0.120. The number of nitrogens with zero attached hydrogens (tertiary/aromatic N) is 1. The number of aryl methyl sites for hydroxylation is 1. The van der Waals surface area contributed by atoms with Crippen molar-refractivity contribution < 1.29 is 19.1 Å². The van der Waals surface area contributed by atoms with Gasteiger partial charge < -0.3 is 19.6 Å². The number of nitrogens with one attached hydrogen (secondary N) is 1. The van der Waals surface area contributed by atoms with Crippen LogP contribution in [-0.4, -0.2) is 32.4 Å². The van der Waals surface area contributed by atoms with E-state index in [4.69, 9.17) is 25.9 Å². The summed E-state index contributed by atoms with van der Waals surface area (Å²) in [6, 6.07) is 10.9. The molecule has 0 heterocycles.